The van der Waals surface area contributed by atoms with Crippen molar-refractivity contribution in [1.82, 2.24) is 5.32 Å². The standard InChI is InChI=1S/C11H11ClN2O6S/c1-5-7(10(16)17)2-6(12)3-8(5)21(19,20)4-9(15)14-11(13)18/h2-3H,4H2,1H3,(H,16,17)(H3,13,14,15,18). The van der Waals surface area contributed by atoms with Crippen LogP contribution in [-0.2, 0) is 14.6 Å². The van der Waals surface area contributed by atoms with Crippen LogP contribution >= 0.6 is 11.6 Å². The van der Waals surface area contributed by atoms with E-state index in [1.807, 2.05) is 0 Å². The van der Waals surface area contributed by atoms with Crippen LogP contribution in [0.25, 0.3) is 0 Å². The number of imide groups is 1. The van der Waals surface area contributed by atoms with Gasteiger partial charge in [-0.1, -0.05) is 11.6 Å². The first-order valence-corrected chi connectivity index (χ1v) is 7.43. The molecule has 1 aromatic carbocycles. The van der Waals surface area contributed by atoms with Gasteiger partial charge >= 0.3 is 12.0 Å². The number of halogens is 1. The number of carboxylic acids is 1. The zero-order chi connectivity index (χ0) is 16.4. The van der Waals surface area contributed by atoms with Gasteiger partial charge in [0.2, 0.25) is 5.91 Å². The monoisotopic (exact) mass is 334 g/mol. The number of amides is 3. The maximum atomic E-state index is 12.1. The van der Waals surface area contributed by atoms with Crippen molar-refractivity contribution in [3.8, 4) is 0 Å². The van der Waals surface area contributed by atoms with E-state index < -0.39 is 38.4 Å². The van der Waals surface area contributed by atoms with Gasteiger partial charge in [-0.2, -0.15) is 0 Å². The number of rotatable bonds is 4. The second-order valence-electron chi connectivity index (χ2n) is 4.05. The highest BCUT2D eigenvalue weighted by Gasteiger charge is 2.25. The number of nitrogens with two attached hydrogens (primary N) is 1. The number of aromatic carboxylic acids is 1. The van der Waals surface area contributed by atoms with Crippen LogP contribution < -0.4 is 11.1 Å². The molecule has 0 saturated heterocycles. The molecule has 0 aliphatic heterocycles. The summed E-state index contributed by atoms with van der Waals surface area (Å²) in [4.78, 5) is 32.4. The molecule has 0 aliphatic carbocycles. The van der Waals surface area contributed by atoms with Crippen LogP contribution in [0.5, 0.6) is 0 Å². The van der Waals surface area contributed by atoms with Crippen molar-refractivity contribution >= 4 is 39.3 Å². The van der Waals surface area contributed by atoms with E-state index in [-0.39, 0.29) is 16.1 Å². The number of primary amides is 1. The lowest BCUT2D eigenvalue weighted by atomic mass is 10.1. The Bertz CT molecular complexity index is 728. The van der Waals surface area contributed by atoms with Crippen LogP contribution in [0.3, 0.4) is 0 Å². The van der Waals surface area contributed by atoms with Crippen molar-refractivity contribution in [2.75, 3.05) is 5.75 Å². The predicted octanol–water partition coefficient (Wildman–Crippen LogP) is 0.315. The summed E-state index contributed by atoms with van der Waals surface area (Å²) in [6.07, 6.45) is 0. The first-order chi connectivity index (χ1) is 9.54. The molecule has 1 rings (SSSR count). The topological polar surface area (TPSA) is 144 Å². The molecule has 0 aromatic heterocycles. The smallest absolute Gasteiger partial charge is 0.336 e. The molecular weight excluding hydrogens is 324 g/mol. The van der Waals surface area contributed by atoms with E-state index >= 15 is 0 Å². The van der Waals surface area contributed by atoms with Gasteiger partial charge in [-0.25, -0.2) is 18.0 Å². The second kappa shape index (κ2) is 6.10. The van der Waals surface area contributed by atoms with Crippen molar-refractivity contribution in [2.45, 2.75) is 11.8 Å². The third-order valence-electron chi connectivity index (χ3n) is 2.47. The lowest BCUT2D eigenvalue weighted by Gasteiger charge is -2.10. The molecule has 114 valence electrons. The zero-order valence-electron chi connectivity index (χ0n) is 10.7. The van der Waals surface area contributed by atoms with Gasteiger partial charge in [0.15, 0.2) is 9.84 Å². The molecule has 10 heteroatoms. The van der Waals surface area contributed by atoms with E-state index in [2.05, 4.69) is 0 Å². The molecule has 8 nitrogen and oxygen atoms in total. The van der Waals surface area contributed by atoms with Gasteiger partial charge in [0.1, 0.15) is 5.75 Å². The summed E-state index contributed by atoms with van der Waals surface area (Å²) in [5.41, 5.74) is 4.35. The number of carbonyl (C=O) groups excluding carboxylic acids is 2. The fraction of sp³-hybridized carbons (Fsp3) is 0.182. The summed E-state index contributed by atoms with van der Waals surface area (Å²) in [6, 6.07) is 0.946. The maximum absolute atomic E-state index is 12.1. The molecule has 21 heavy (non-hydrogen) atoms. The van der Waals surface area contributed by atoms with E-state index in [1.165, 1.54) is 6.92 Å². The highest BCUT2D eigenvalue weighted by atomic mass is 35.5. The maximum Gasteiger partial charge on any atom is 0.336 e. The predicted molar refractivity (Wildman–Crippen MR) is 72.9 cm³/mol. The van der Waals surface area contributed by atoms with E-state index in [4.69, 9.17) is 22.4 Å². The second-order valence-corrected chi connectivity index (χ2v) is 6.45. The molecule has 1 aromatic rings. The number of carboxylic acid groups (broad SMARTS) is 1. The van der Waals surface area contributed by atoms with Gasteiger partial charge in [0, 0.05) is 5.02 Å². The van der Waals surface area contributed by atoms with E-state index in [9.17, 15) is 22.8 Å². The van der Waals surface area contributed by atoms with Gasteiger partial charge in [-0.3, -0.25) is 10.1 Å². The van der Waals surface area contributed by atoms with Crippen molar-refractivity contribution in [1.29, 1.82) is 0 Å². The SMILES string of the molecule is Cc1c(C(=O)O)cc(Cl)cc1S(=O)(=O)CC(=O)NC(N)=O. The summed E-state index contributed by atoms with van der Waals surface area (Å²) in [5, 5.41) is 10.5. The first-order valence-electron chi connectivity index (χ1n) is 5.40. The molecule has 0 heterocycles. The Morgan fingerprint density at radius 3 is 2.38 bits per heavy atom. The Morgan fingerprint density at radius 1 is 1.33 bits per heavy atom. The normalized spacial score (nSPS) is 11.0. The number of urea groups is 1. The summed E-state index contributed by atoms with van der Waals surface area (Å²) < 4.78 is 24.2. The molecule has 0 radical (unpaired) electrons. The van der Waals surface area contributed by atoms with Crippen LogP contribution in [0.4, 0.5) is 4.79 Å². The van der Waals surface area contributed by atoms with E-state index in [1.54, 1.807) is 5.32 Å². The molecule has 0 saturated carbocycles. The Labute approximate surface area is 124 Å². The Balaban J connectivity index is 3.29. The fourth-order valence-electron chi connectivity index (χ4n) is 1.62. The fourth-order valence-corrected chi connectivity index (χ4v) is 3.36. The number of nitrogens with one attached hydrogen (secondary N) is 1. The van der Waals surface area contributed by atoms with Crippen LogP contribution in [0, 0.1) is 6.92 Å². The minimum absolute atomic E-state index is 0.0567. The molecule has 0 aliphatic rings. The molecule has 0 atom stereocenters. The highest BCUT2D eigenvalue weighted by molar-refractivity contribution is 7.92. The van der Waals surface area contributed by atoms with Crippen molar-refractivity contribution in [2.24, 2.45) is 5.73 Å². The number of carbonyl (C=O) groups is 3. The Kier molecular flexibility index (Phi) is 4.92. The van der Waals surface area contributed by atoms with Crippen molar-refractivity contribution < 1.29 is 27.9 Å². The van der Waals surface area contributed by atoms with Gasteiger partial charge in [-0.15, -0.1) is 0 Å². The van der Waals surface area contributed by atoms with Gasteiger partial charge < -0.3 is 10.8 Å². The third kappa shape index (κ3) is 4.17. The largest absolute Gasteiger partial charge is 0.478 e. The first kappa shape index (κ1) is 16.9. The number of sulfone groups is 1. The Hall–Kier alpha value is -2.13. The van der Waals surface area contributed by atoms with Gasteiger partial charge in [0.25, 0.3) is 0 Å². The molecule has 0 unspecified atom stereocenters. The molecule has 0 bridgehead atoms. The van der Waals surface area contributed by atoms with Gasteiger partial charge in [-0.05, 0) is 24.6 Å². The molecule has 0 spiro atoms. The Morgan fingerprint density at radius 2 is 1.90 bits per heavy atom. The summed E-state index contributed by atoms with van der Waals surface area (Å²) in [5.74, 6) is -3.54. The lowest BCUT2D eigenvalue weighted by Crippen LogP contribution is -2.38. The lowest BCUT2D eigenvalue weighted by molar-refractivity contribution is -0.117. The quantitative estimate of drug-likeness (QED) is 0.723. The summed E-state index contributed by atoms with van der Waals surface area (Å²) in [7, 11) is -4.18. The average Bonchev–Trinajstić information content (AvgIpc) is 2.29. The summed E-state index contributed by atoms with van der Waals surface area (Å²) in [6.45, 7) is 1.28. The van der Waals surface area contributed by atoms with Crippen molar-refractivity contribution in [3.63, 3.8) is 0 Å². The average molecular weight is 335 g/mol. The molecule has 3 amide bonds. The number of benzene rings is 1. The van der Waals surface area contributed by atoms with Crippen molar-refractivity contribution in [3.05, 3.63) is 28.3 Å². The molecule has 0 fully saturated rings. The zero-order valence-corrected chi connectivity index (χ0v) is 12.3. The summed E-state index contributed by atoms with van der Waals surface area (Å²) >= 11 is 5.69. The number of hydrogen-bond acceptors (Lipinski definition) is 5. The van der Waals surface area contributed by atoms with E-state index in [0.29, 0.717) is 0 Å². The van der Waals surface area contributed by atoms with Crippen LogP contribution in [-0.4, -0.2) is 37.2 Å². The minimum atomic E-state index is -4.18. The van der Waals surface area contributed by atoms with Crippen LogP contribution in [0.1, 0.15) is 15.9 Å². The third-order valence-corrected chi connectivity index (χ3v) is 4.43. The van der Waals surface area contributed by atoms with Crippen LogP contribution in [0.2, 0.25) is 5.02 Å². The van der Waals surface area contributed by atoms with Gasteiger partial charge in [0.05, 0.1) is 10.5 Å². The van der Waals surface area contributed by atoms with E-state index in [0.717, 1.165) is 12.1 Å². The molecule has 4 N–H and O–H groups in total. The highest BCUT2D eigenvalue weighted by Crippen LogP contribution is 2.25. The minimum Gasteiger partial charge on any atom is -0.478 e. The number of hydrogen-bond donors (Lipinski definition) is 3. The van der Waals surface area contributed by atoms with Crippen LogP contribution in [0.15, 0.2) is 17.0 Å². The molecular formula is C11H11ClN2O6S.